The van der Waals surface area contributed by atoms with Crippen LogP contribution in [0.3, 0.4) is 0 Å². The molecule has 8 heavy (non-hydrogen) atoms. The fourth-order valence-corrected chi connectivity index (χ4v) is 0. The van der Waals surface area contributed by atoms with E-state index in [0.717, 1.165) is 0 Å². The van der Waals surface area contributed by atoms with Crippen molar-refractivity contribution in [1.82, 2.24) is 0 Å². The van der Waals surface area contributed by atoms with Crippen molar-refractivity contribution in [3.05, 3.63) is 0 Å². The zero-order chi connectivity index (χ0) is 5.21. The SMILES string of the molecule is O=P(O)(O)OF.[Ca+2].[H-].[H-].[Zn]. The molecule has 0 fully saturated rings. The van der Waals surface area contributed by atoms with Crippen molar-refractivity contribution in [2.45, 2.75) is 0 Å². The zero-order valence-electron chi connectivity index (χ0n) is 5.95. The van der Waals surface area contributed by atoms with E-state index in [9.17, 15) is 4.53 Å². The average Bonchev–Trinajstić information content (AvgIpc) is 1.35. The first kappa shape index (κ1) is 16.5. The smallest absolute Gasteiger partial charge is 1.00 e. The van der Waals surface area contributed by atoms with E-state index in [-0.39, 0.29) is 60.1 Å². The number of hydrogen-bond acceptors (Lipinski definition) is 2. The minimum atomic E-state index is -4.81. The molecule has 0 atom stereocenters. The van der Waals surface area contributed by atoms with E-state index in [1.54, 1.807) is 0 Å². The maximum absolute atomic E-state index is 10.2. The topological polar surface area (TPSA) is 66.8 Å². The summed E-state index contributed by atoms with van der Waals surface area (Å²) < 4.78 is 21.4. The molecule has 0 saturated carbocycles. The zero-order valence-corrected chi connectivity index (χ0v) is 10.0. The van der Waals surface area contributed by atoms with Gasteiger partial charge in [0, 0.05) is 19.5 Å². The van der Waals surface area contributed by atoms with Crippen LogP contribution in [-0.2, 0) is 28.8 Å². The van der Waals surface area contributed by atoms with Gasteiger partial charge >= 0.3 is 45.6 Å². The fourth-order valence-electron chi connectivity index (χ4n) is 0. The predicted molar refractivity (Wildman–Crippen MR) is 22.2 cm³/mol. The molecule has 0 unspecified atom stereocenters. The Morgan fingerprint density at radius 3 is 1.75 bits per heavy atom. The molecule has 0 amide bonds. The van der Waals surface area contributed by atoms with Crippen LogP contribution in [0.5, 0.6) is 0 Å². The Morgan fingerprint density at radius 1 is 1.62 bits per heavy atom. The first-order valence-corrected chi connectivity index (χ1v) is 2.45. The van der Waals surface area contributed by atoms with Crippen molar-refractivity contribution in [3.8, 4) is 0 Å². The second kappa shape index (κ2) is 7.04. The third kappa shape index (κ3) is 15.7. The molecule has 0 aliphatic heterocycles. The van der Waals surface area contributed by atoms with Gasteiger partial charge in [-0.05, 0) is 4.53 Å². The Morgan fingerprint density at radius 2 is 1.75 bits per heavy atom. The van der Waals surface area contributed by atoms with Crippen LogP contribution in [0.25, 0.3) is 0 Å². The van der Waals surface area contributed by atoms with Crippen molar-refractivity contribution in [2.75, 3.05) is 0 Å². The monoisotopic (exact) mass is 222 g/mol. The van der Waals surface area contributed by atoms with Crippen LogP contribution in [0.2, 0.25) is 0 Å². The molecule has 0 bridgehead atoms. The van der Waals surface area contributed by atoms with Crippen LogP contribution in [0.4, 0.5) is 4.53 Å². The van der Waals surface area contributed by atoms with Crippen LogP contribution in [0, 0.1) is 0 Å². The molecule has 0 aliphatic rings. The number of halogens is 1. The van der Waals surface area contributed by atoms with Gasteiger partial charge in [0.25, 0.3) is 0 Å². The van der Waals surface area contributed by atoms with Gasteiger partial charge in [-0.15, -0.1) is 0 Å². The van der Waals surface area contributed by atoms with Gasteiger partial charge in [0.1, 0.15) is 0 Å². The van der Waals surface area contributed by atoms with Gasteiger partial charge in [-0.2, -0.15) is 0 Å². The molecule has 4 nitrogen and oxygen atoms in total. The molecule has 8 heteroatoms. The molecule has 0 spiro atoms. The molecule has 2 N–H and O–H groups in total. The summed E-state index contributed by atoms with van der Waals surface area (Å²) in [5.41, 5.74) is 0. The predicted octanol–water partition coefficient (Wildman–Crippen LogP) is -0.178. The summed E-state index contributed by atoms with van der Waals surface area (Å²) in [4.78, 5) is 14.7. The molecule has 0 aromatic heterocycles. The van der Waals surface area contributed by atoms with Crippen LogP contribution >= 0.6 is 7.82 Å². The third-order valence-electron chi connectivity index (χ3n) is 0.0899. The quantitative estimate of drug-likeness (QED) is 0.478. The van der Waals surface area contributed by atoms with Crippen molar-refractivity contribution < 1.29 is 45.9 Å². The van der Waals surface area contributed by atoms with Gasteiger partial charge in [0.05, 0.1) is 0 Å². The molecule has 0 aromatic rings. The summed E-state index contributed by atoms with van der Waals surface area (Å²) in [5, 5.41) is 0. The van der Waals surface area contributed by atoms with E-state index in [4.69, 9.17) is 14.4 Å². The molecule has 0 radical (unpaired) electrons. The first-order chi connectivity index (χ1) is 2.56. The van der Waals surface area contributed by atoms with Crippen LogP contribution < -0.4 is 0 Å². The summed E-state index contributed by atoms with van der Waals surface area (Å²) in [6.45, 7) is 0. The summed E-state index contributed by atoms with van der Waals surface area (Å²) in [7, 11) is -4.81. The minimum absolute atomic E-state index is 0. The normalized spacial score (nSPS) is 8.88. The fraction of sp³-hybridized carbons (Fsp3) is 0. The van der Waals surface area contributed by atoms with E-state index < -0.39 is 7.82 Å². The van der Waals surface area contributed by atoms with Gasteiger partial charge in [-0.1, -0.05) is 4.73 Å². The van der Waals surface area contributed by atoms with E-state index in [0.29, 0.717) is 0 Å². The molecule has 0 saturated heterocycles. The summed E-state index contributed by atoms with van der Waals surface area (Å²) >= 11 is 0. The van der Waals surface area contributed by atoms with Crippen LogP contribution in [-0.4, -0.2) is 47.5 Å². The Kier molecular flexibility index (Phi) is 14.5. The molecule has 44 valence electrons. The van der Waals surface area contributed by atoms with Crippen molar-refractivity contribution in [2.24, 2.45) is 0 Å². The van der Waals surface area contributed by atoms with Crippen LogP contribution in [0.15, 0.2) is 0 Å². The van der Waals surface area contributed by atoms with E-state index in [1.165, 1.54) is 0 Å². The van der Waals surface area contributed by atoms with E-state index in [1.807, 2.05) is 0 Å². The number of hydrogen-bond donors (Lipinski definition) is 2. The minimum Gasteiger partial charge on any atom is -1.00 e. The molecular formula is H4CaFO4PZn. The van der Waals surface area contributed by atoms with E-state index in [2.05, 4.69) is 4.73 Å². The second-order valence-corrected chi connectivity index (χ2v) is 1.68. The van der Waals surface area contributed by atoms with Gasteiger partial charge in [0.2, 0.25) is 0 Å². The Labute approximate surface area is 90.7 Å². The maximum Gasteiger partial charge on any atom is 2.00 e. The van der Waals surface area contributed by atoms with Gasteiger partial charge in [-0.3, -0.25) is 0 Å². The van der Waals surface area contributed by atoms with E-state index >= 15 is 0 Å². The molecule has 0 aliphatic carbocycles. The van der Waals surface area contributed by atoms with Crippen molar-refractivity contribution >= 4 is 45.6 Å². The summed E-state index contributed by atoms with van der Waals surface area (Å²) in [5.74, 6) is 0. The molecule has 0 heterocycles. The molecular weight excluding hydrogens is 219 g/mol. The maximum atomic E-state index is 10.2. The number of phosphoric acid groups is 1. The largest absolute Gasteiger partial charge is 2.00 e. The summed E-state index contributed by atoms with van der Waals surface area (Å²) in [6, 6.07) is 0. The second-order valence-electron chi connectivity index (χ2n) is 0.560. The van der Waals surface area contributed by atoms with Crippen LogP contribution in [0.1, 0.15) is 2.85 Å². The Bertz CT molecular complexity index is 87.3. The van der Waals surface area contributed by atoms with Gasteiger partial charge in [0.15, 0.2) is 0 Å². The Hall–Kier alpha value is 1.92. The standard InChI is InChI=1S/Ca.FH2O4P.Zn.2H/c;1-5-6(2,3)4;;;/h;(H2,2,3,4);;;/q+2;;;2*-1. The molecule has 0 rings (SSSR count). The average molecular weight is 223 g/mol. The van der Waals surface area contributed by atoms with Gasteiger partial charge in [-0.25, -0.2) is 4.57 Å². The van der Waals surface area contributed by atoms with Crippen molar-refractivity contribution in [1.29, 1.82) is 0 Å². The third-order valence-corrected chi connectivity index (χ3v) is 0.270. The van der Waals surface area contributed by atoms with Gasteiger partial charge < -0.3 is 12.6 Å². The molecule has 0 aromatic carbocycles. The van der Waals surface area contributed by atoms with Crippen molar-refractivity contribution in [3.63, 3.8) is 0 Å². The Balaban J connectivity index is -0.0000000208. The first-order valence-electron chi connectivity index (χ1n) is 0.919. The summed E-state index contributed by atoms with van der Waals surface area (Å²) in [6.07, 6.45) is 0. The number of rotatable bonds is 1.